The van der Waals surface area contributed by atoms with Gasteiger partial charge in [-0.3, -0.25) is 0 Å². The molecule has 0 atom stereocenters. The van der Waals surface area contributed by atoms with Gasteiger partial charge >= 0.3 is 0 Å². The highest BCUT2D eigenvalue weighted by atomic mass is 79.9. The van der Waals surface area contributed by atoms with Gasteiger partial charge in [0.15, 0.2) is 0 Å². The van der Waals surface area contributed by atoms with Crippen molar-refractivity contribution in [1.82, 2.24) is 10.3 Å². The fourth-order valence-corrected chi connectivity index (χ4v) is 2.91. The molecule has 0 unspecified atom stereocenters. The van der Waals surface area contributed by atoms with Gasteiger partial charge in [-0.2, -0.15) is 0 Å². The minimum absolute atomic E-state index is 0.467. The van der Waals surface area contributed by atoms with E-state index in [9.17, 15) is 0 Å². The third kappa shape index (κ3) is 4.77. The van der Waals surface area contributed by atoms with E-state index in [-0.39, 0.29) is 0 Å². The standard InChI is InChI=1S/C15H16BrClN2S/c1-10(2)18-8-11-3-5-14(13(17)7-11)20-15-6-4-12(16)9-19-15/h3-7,9-10,18H,8H2,1-2H3. The van der Waals surface area contributed by atoms with E-state index in [0.717, 1.165) is 26.0 Å². The molecule has 0 aliphatic rings. The van der Waals surface area contributed by atoms with Gasteiger partial charge in [0.25, 0.3) is 0 Å². The van der Waals surface area contributed by atoms with Gasteiger partial charge in [0.1, 0.15) is 5.03 Å². The zero-order chi connectivity index (χ0) is 14.5. The lowest BCUT2D eigenvalue weighted by Crippen LogP contribution is -2.21. The molecule has 2 aromatic rings. The maximum Gasteiger partial charge on any atom is 0.101 e. The van der Waals surface area contributed by atoms with Crippen molar-refractivity contribution >= 4 is 39.3 Å². The van der Waals surface area contributed by atoms with Crippen LogP contribution >= 0.6 is 39.3 Å². The van der Waals surface area contributed by atoms with Crippen molar-refractivity contribution in [3.8, 4) is 0 Å². The molecule has 2 nitrogen and oxygen atoms in total. The molecule has 0 saturated heterocycles. The molecule has 0 radical (unpaired) electrons. The third-order valence-corrected chi connectivity index (χ3v) is 4.55. The maximum atomic E-state index is 6.34. The Morgan fingerprint density at radius 1 is 1.30 bits per heavy atom. The van der Waals surface area contributed by atoms with Gasteiger partial charge in [0.2, 0.25) is 0 Å². The fraction of sp³-hybridized carbons (Fsp3) is 0.267. The van der Waals surface area contributed by atoms with Crippen molar-refractivity contribution in [3.63, 3.8) is 0 Å². The minimum Gasteiger partial charge on any atom is -0.310 e. The van der Waals surface area contributed by atoms with Crippen LogP contribution in [0.2, 0.25) is 5.02 Å². The SMILES string of the molecule is CC(C)NCc1ccc(Sc2ccc(Br)cn2)c(Cl)c1. The molecule has 0 aliphatic carbocycles. The number of hydrogen-bond acceptors (Lipinski definition) is 3. The van der Waals surface area contributed by atoms with E-state index in [4.69, 9.17) is 11.6 Å². The Morgan fingerprint density at radius 3 is 2.70 bits per heavy atom. The Labute approximate surface area is 137 Å². The molecule has 2 rings (SSSR count). The molecule has 0 fully saturated rings. The molecule has 0 spiro atoms. The molecule has 0 bridgehead atoms. The molecular formula is C15H16BrClN2S. The Balaban J connectivity index is 2.07. The van der Waals surface area contributed by atoms with E-state index < -0.39 is 0 Å². The van der Waals surface area contributed by atoms with Crippen LogP contribution in [0.25, 0.3) is 0 Å². The first-order chi connectivity index (χ1) is 9.54. The van der Waals surface area contributed by atoms with Gasteiger partial charge in [0.05, 0.1) is 5.02 Å². The van der Waals surface area contributed by atoms with Gasteiger partial charge in [-0.1, -0.05) is 43.3 Å². The van der Waals surface area contributed by atoms with Crippen LogP contribution in [0.3, 0.4) is 0 Å². The highest BCUT2D eigenvalue weighted by Crippen LogP contribution is 2.33. The van der Waals surface area contributed by atoms with Crippen molar-refractivity contribution in [2.75, 3.05) is 0 Å². The summed E-state index contributed by atoms with van der Waals surface area (Å²) in [6.45, 7) is 5.09. The van der Waals surface area contributed by atoms with Crippen LogP contribution in [0.4, 0.5) is 0 Å². The summed E-state index contributed by atoms with van der Waals surface area (Å²) in [5.41, 5.74) is 1.19. The van der Waals surface area contributed by atoms with E-state index in [0.29, 0.717) is 6.04 Å². The zero-order valence-corrected chi connectivity index (χ0v) is 14.5. The summed E-state index contributed by atoms with van der Waals surface area (Å²) in [6.07, 6.45) is 1.79. The van der Waals surface area contributed by atoms with E-state index >= 15 is 0 Å². The minimum atomic E-state index is 0.467. The molecule has 1 N–H and O–H groups in total. The largest absolute Gasteiger partial charge is 0.310 e. The highest BCUT2D eigenvalue weighted by Gasteiger charge is 2.05. The molecule has 0 saturated carbocycles. The number of nitrogens with one attached hydrogen (secondary N) is 1. The monoisotopic (exact) mass is 370 g/mol. The summed E-state index contributed by atoms with van der Waals surface area (Å²) in [6, 6.07) is 10.6. The van der Waals surface area contributed by atoms with Crippen molar-refractivity contribution < 1.29 is 0 Å². The van der Waals surface area contributed by atoms with Crippen LogP contribution in [0.15, 0.2) is 50.9 Å². The van der Waals surface area contributed by atoms with Gasteiger partial charge in [-0.25, -0.2) is 4.98 Å². The van der Waals surface area contributed by atoms with E-state index in [1.54, 1.807) is 18.0 Å². The molecule has 20 heavy (non-hydrogen) atoms. The number of halogens is 2. The smallest absolute Gasteiger partial charge is 0.101 e. The average molecular weight is 372 g/mol. The van der Waals surface area contributed by atoms with Crippen molar-refractivity contribution in [2.24, 2.45) is 0 Å². The second-order valence-electron chi connectivity index (χ2n) is 4.72. The van der Waals surface area contributed by atoms with Crippen molar-refractivity contribution in [1.29, 1.82) is 0 Å². The second kappa shape index (κ2) is 7.46. The summed E-state index contributed by atoms with van der Waals surface area (Å²) in [5.74, 6) is 0. The Morgan fingerprint density at radius 2 is 2.10 bits per heavy atom. The quantitative estimate of drug-likeness (QED) is 0.787. The Kier molecular flexibility index (Phi) is 5.90. The van der Waals surface area contributed by atoms with Gasteiger partial charge in [-0.05, 0) is 45.8 Å². The average Bonchev–Trinajstić information content (AvgIpc) is 2.41. The molecule has 0 aliphatic heterocycles. The molecule has 1 aromatic carbocycles. The second-order valence-corrected chi connectivity index (χ2v) is 7.10. The Bertz CT molecular complexity index is 573. The van der Waals surface area contributed by atoms with Crippen LogP contribution in [0, 0.1) is 0 Å². The number of benzene rings is 1. The lowest BCUT2D eigenvalue weighted by Gasteiger charge is -2.10. The number of aromatic nitrogens is 1. The molecule has 106 valence electrons. The number of rotatable bonds is 5. The van der Waals surface area contributed by atoms with Crippen molar-refractivity contribution in [3.05, 3.63) is 51.6 Å². The molecule has 0 amide bonds. The van der Waals surface area contributed by atoms with Crippen LogP contribution in [0.5, 0.6) is 0 Å². The number of nitrogens with zero attached hydrogens (tertiary/aromatic N) is 1. The molecule has 5 heteroatoms. The molecule has 1 aromatic heterocycles. The third-order valence-electron chi connectivity index (χ3n) is 2.63. The lowest BCUT2D eigenvalue weighted by molar-refractivity contribution is 0.589. The van der Waals surface area contributed by atoms with Crippen LogP contribution in [-0.4, -0.2) is 11.0 Å². The predicted molar refractivity (Wildman–Crippen MR) is 89.5 cm³/mol. The normalized spacial score (nSPS) is 11.1. The van der Waals surface area contributed by atoms with Gasteiger partial charge < -0.3 is 5.32 Å². The summed E-state index contributed by atoms with van der Waals surface area (Å²) in [7, 11) is 0. The van der Waals surface area contributed by atoms with Crippen LogP contribution in [0.1, 0.15) is 19.4 Å². The van der Waals surface area contributed by atoms with E-state index in [2.05, 4.69) is 46.1 Å². The Hall–Kier alpha value is -0.550. The first-order valence-corrected chi connectivity index (χ1v) is 8.34. The van der Waals surface area contributed by atoms with E-state index in [1.807, 2.05) is 24.3 Å². The summed E-state index contributed by atoms with van der Waals surface area (Å²) in [5, 5.41) is 5.08. The number of pyridine rings is 1. The summed E-state index contributed by atoms with van der Waals surface area (Å²) in [4.78, 5) is 5.36. The van der Waals surface area contributed by atoms with Crippen LogP contribution < -0.4 is 5.32 Å². The maximum absolute atomic E-state index is 6.34. The van der Waals surface area contributed by atoms with E-state index in [1.165, 1.54) is 5.56 Å². The zero-order valence-electron chi connectivity index (χ0n) is 11.4. The number of hydrogen-bond donors (Lipinski definition) is 1. The first-order valence-electron chi connectivity index (χ1n) is 6.36. The highest BCUT2D eigenvalue weighted by molar-refractivity contribution is 9.10. The first kappa shape index (κ1) is 15.8. The van der Waals surface area contributed by atoms with Gasteiger partial charge in [0, 0.05) is 28.2 Å². The molecular weight excluding hydrogens is 356 g/mol. The predicted octanol–water partition coefficient (Wildman–Crippen LogP) is 5.15. The topological polar surface area (TPSA) is 24.9 Å². The fourth-order valence-electron chi connectivity index (χ4n) is 1.59. The summed E-state index contributed by atoms with van der Waals surface area (Å²) >= 11 is 11.3. The van der Waals surface area contributed by atoms with Crippen molar-refractivity contribution in [2.45, 2.75) is 36.4 Å². The van der Waals surface area contributed by atoms with Crippen LogP contribution in [-0.2, 0) is 6.54 Å². The lowest BCUT2D eigenvalue weighted by atomic mass is 10.2. The molecule has 1 heterocycles. The van der Waals surface area contributed by atoms with Gasteiger partial charge in [-0.15, -0.1) is 0 Å². The summed E-state index contributed by atoms with van der Waals surface area (Å²) < 4.78 is 0.975.